The van der Waals surface area contributed by atoms with Crippen molar-refractivity contribution < 1.29 is 19.4 Å². The highest BCUT2D eigenvalue weighted by molar-refractivity contribution is 5.91. The molecule has 0 saturated heterocycles. The average molecular weight is 298 g/mol. The predicted molar refractivity (Wildman–Crippen MR) is 80.5 cm³/mol. The van der Waals surface area contributed by atoms with Crippen LogP contribution in [0.1, 0.15) is 5.56 Å². The smallest absolute Gasteiger partial charge is 0.432 e. The van der Waals surface area contributed by atoms with Gasteiger partial charge in [-0.2, -0.15) is 4.68 Å². The second-order valence-corrected chi connectivity index (χ2v) is 4.66. The van der Waals surface area contributed by atoms with Gasteiger partial charge in [-0.25, -0.2) is 4.79 Å². The second kappa shape index (κ2) is 5.77. The third-order valence-electron chi connectivity index (χ3n) is 3.24. The molecular formula is C16H14N2O4. The zero-order chi connectivity index (χ0) is 15.5. The van der Waals surface area contributed by atoms with E-state index in [-0.39, 0.29) is 5.88 Å². The number of aromatic nitrogens is 2. The Bertz CT molecular complexity index is 812. The van der Waals surface area contributed by atoms with Crippen molar-refractivity contribution in [2.24, 2.45) is 0 Å². The van der Waals surface area contributed by atoms with Crippen LogP contribution in [0.3, 0.4) is 0 Å². The number of ether oxygens (including phenoxy) is 2. The Morgan fingerprint density at radius 3 is 2.68 bits per heavy atom. The molecule has 0 aliphatic carbocycles. The standard InChI is InChI=1S/C16H14N2O4/c1-21-15-13-8-7-12(9-14(13)18(17-15)16(19)20)22-10-11-5-3-2-4-6-11/h2-9H,10H2,1H3,(H,19,20). The fourth-order valence-electron chi connectivity index (χ4n) is 2.19. The third-order valence-corrected chi connectivity index (χ3v) is 3.24. The van der Waals surface area contributed by atoms with Crippen LogP contribution in [0, 0.1) is 0 Å². The first-order valence-corrected chi connectivity index (χ1v) is 6.66. The Balaban J connectivity index is 1.92. The van der Waals surface area contributed by atoms with Gasteiger partial charge in [0.2, 0.25) is 5.88 Å². The maximum Gasteiger partial charge on any atom is 0.432 e. The fraction of sp³-hybridized carbons (Fsp3) is 0.125. The van der Waals surface area contributed by atoms with E-state index in [1.807, 2.05) is 30.3 Å². The molecule has 0 atom stereocenters. The topological polar surface area (TPSA) is 73.6 Å². The highest BCUT2D eigenvalue weighted by Gasteiger charge is 2.16. The highest BCUT2D eigenvalue weighted by atomic mass is 16.5. The molecule has 1 heterocycles. The van der Waals surface area contributed by atoms with E-state index in [0.29, 0.717) is 23.3 Å². The molecule has 0 unspecified atom stereocenters. The first kappa shape index (κ1) is 13.9. The van der Waals surface area contributed by atoms with Gasteiger partial charge in [0.05, 0.1) is 18.0 Å². The van der Waals surface area contributed by atoms with Gasteiger partial charge in [-0.15, -0.1) is 5.10 Å². The van der Waals surface area contributed by atoms with Gasteiger partial charge in [0.1, 0.15) is 12.4 Å². The largest absolute Gasteiger partial charge is 0.489 e. The SMILES string of the molecule is COc1nn(C(=O)O)c2cc(OCc3ccccc3)ccc12. The van der Waals surface area contributed by atoms with Gasteiger partial charge in [0, 0.05) is 6.07 Å². The minimum absolute atomic E-state index is 0.270. The molecule has 0 aliphatic rings. The Kier molecular flexibility index (Phi) is 3.65. The monoisotopic (exact) mass is 298 g/mol. The van der Waals surface area contributed by atoms with Crippen LogP contribution >= 0.6 is 0 Å². The van der Waals surface area contributed by atoms with E-state index in [0.717, 1.165) is 10.2 Å². The third kappa shape index (κ3) is 2.58. The molecule has 2 aromatic carbocycles. The summed E-state index contributed by atoms with van der Waals surface area (Å²) in [5, 5.41) is 13.7. The van der Waals surface area contributed by atoms with Crippen LogP contribution in [0.2, 0.25) is 0 Å². The Morgan fingerprint density at radius 2 is 2.00 bits per heavy atom. The minimum atomic E-state index is -1.17. The molecule has 0 amide bonds. The van der Waals surface area contributed by atoms with E-state index in [4.69, 9.17) is 9.47 Å². The molecule has 1 aromatic heterocycles. The second-order valence-electron chi connectivity index (χ2n) is 4.66. The number of nitrogens with zero attached hydrogens (tertiary/aromatic N) is 2. The summed E-state index contributed by atoms with van der Waals surface area (Å²) in [5.41, 5.74) is 1.46. The molecule has 3 rings (SSSR count). The lowest BCUT2D eigenvalue weighted by atomic mass is 10.2. The fourth-order valence-corrected chi connectivity index (χ4v) is 2.19. The quantitative estimate of drug-likeness (QED) is 0.801. The van der Waals surface area contributed by atoms with Crippen LogP contribution in [0.15, 0.2) is 48.5 Å². The normalized spacial score (nSPS) is 10.6. The van der Waals surface area contributed by atoms with Gasteiger partial charge in [-0.05, 0) is 17.7 Å². The van der Waals surface area contributed by atoms with Crippen LogP contribution in [-0.4, -0.2) is 28.1 Å². The summed E-state index contributed by atoms with van der Waals surface area (Å²) in [4.78, 5) is 11.2. The molecule has 22 heavy (non-hydrogen) atoms. The summed E-state index contributed by atoms with van der Waals surface area (Å²) in [7, 11) is 1.45. The molecule has 0 spiro atoms. The number of carboxylic acid groups (broad SMARTS) is 1. The number of hydrogen-bond donors (Lipinski definition) is 1. The number of carbonyl (C=O) groups is 1. The summed E-state index contributed by atoms with van der Waals surface area (Å²) in [6.07, 6.45) is -1.17. The van der Waals surface area contributed by atoms with E-state index in [2.05, 4.69) is 5.10 Å². The van der Waals surface area contributed by atoms with Gasteiger partial charge >= 0.3 is 6.09 Å². The molecule has 3 aromatic rings. The highest BCUT2D eigenvalue weighted by Crippen LogP contribution is 2.28. The lowest BCUT2D eigenvalue weighted by Gasteiger charge is -2.06. The number of hydrogen-bond acceptors (Lipinski definition) is 4. The summed E-state index contributed by atoms with van der Waals surface area (Å²) in [6.45, 7) is 0.407. The van der Waals surface area contributed by atoms with Crippen LogP contribution in [0.4, 0.5) is 4.79 Å². The number of fused-ring (bicyclic) bond motifs is 1. The molecule has 0 bridgehead atoms. The summed E-state index contributed by atoms with van der Waals surface area (Å²) < 4.78 is 11.7. The molecule has 0 radical (unpaired) electrons. The number of rotatable bonds is 4. The first-order valence-electron chi connectivity index (χ1n) is 6.66. The van der Waals surface area contributed by atoms with Crippen molar-refractivity contribution >= 4 is 17.0 Å². The maximum absolute atomic E-state index is 11.2. The van der Waals surface area contributed by atoms with E-state index in [1.165, 1.54) is 7.11 Å². The predicted octanol–water partition coefficient (Wildman–Crippen LogP) is 3.15. The summed E-state index contributed by atoms with van der Waals surface area (Å²) in [5.74, 6) is 0.841. The van der Waals surface area contributed by atoms with Crippen LogP contribution in [0.5, 0.6) is 11.6 Å². The Morgan fingerprint density at radius 1 is 1.23 bits per heavy atom. The molecular weight excluding hydrogens is 284 g/mol. The van der Waals surface area contributed by atoms with Crippen LogP contribution in [-0.2, 0) is 6.61 Å². The van der Waals surface area contributed by atoms with E-state index in [9.17, 15) is 9.90 Å². The number of methoxy groups -OCH3 is 1. The lowest BCUT2D eigenvalue weighted by Crippen LogP contribution is -2.09. The number of benzene rings is 2. The minimum Gasteiger partial charge on any atom is -0.489 e. The van der Waals surface area contributed by atoms with Crippen molar-refractivity contribution in [2.45, 2.75) is 6.61 Å². The average Bonchev–Trinajstić information content (AvgIpc) is 2.92. The Labute approximate surface area is 126 Å². The molecule has 112 valence electrons. The molecule has 0 fully saturated rings. The zero-order valence-corrected chi connectivity index (χ0v) is 11.9. The first-order chi connectivity index (χ1) is 10.7. The molecule has 0 saturated carbocycles. The molecule has 1 N–H and O–H groups in total. The van der Waals surface area contributed by atoms with E-state index in [1.54, 1.807) is 18.2 Å². The zero-order valence-electron chi connectivity index (χ0n) is 11.9. The van der Waals surface area contributed by atoms with Crippen LogP contribution < -0.4 is 9.47 Å². The molecule has 0 aliphatic heterocycles. The van der Waals surface area contributed by atoms with Crippen molar-refractivity contribution in [3.05, 3.63) is 54.1 Å². The van der Waals surface area contributed by atoms with Crippen molar-refractivity contribution in [1.29, 1.82) is 0 Å². The van der Waals surface area contributed by atoms with Gasteiger partial charge < -0.3 is 14.6 Å². The van der Waals surface area contributed by atoms with Gasteiger partial charge in [-0.3, -0.25) is 0 Å². The lowest BCUT2D eigenvalue weighted by molar-refractivity contribution is 0.193. The Hall–Kier alpha value is -3.02. The maximum atomic E-state index is 11.2. The van der Waals surface area contributed by atoms with Crippen molar-refractivity contribution in [2.75, 3.05) is 7.11 Å². The van der Waals surface area contributed by atoms with Crippen molar-refractivity contribution in [3.8, 4) is 11.6 Å². The van der Waals surface area contributed by atoms with Gasteiger partial charge in [0.25, 0.3) is 0 Å². The van der Waals surface area contributed by atoms with E-state index >= 15 is 0 Å². The molecule has 6 heteroatoms. The van der Waals surface area contributed by atoms with Crippen molar-refractivity contribution in [1.82, 2.24) is 9.78 Å². The van der Waals surface area contributed by atoms with E-state index < -0.39 is 6.09 Å². The molecule has 6 nitrogen and oxygen atoms in total. The van der Waals surface area contributed by atoms with Crippen molar-refractivity contribution in [3.63, 3.8) is 0 Å². The van der Waals surface area contributed by atoms with Gasteiger partial charge in [-0.1, -0.05) is 30.3 Å². The van der Waals surface area contributed by atoms with Gasteiger partial charge in [0.15, 0.2) is 0 Å². The summed E-state index contributed by atoms with van der Waals surface area (Å²) in [6, 6.07) is 14.9. The van der Waals surface area contributed by atoms with Crippen LogP contribution in [0.25, 0.3) is 10.9 Å². The summed E-state index contributed by atoms with van der Waals surface area (Å²) >= 11 is 0.